The van der Waals surface area contributed by atoms with E-state index in [9.17, 15) is 14.0 Å². The lowest BCUT2D eigenvalue weighted by Gasteiger charge is -2.30. The number of carbonyl (C=O) groups excluding carboxylic acids is 2. The molecule has 5 nitrogen and oxygen atoms in total. The van der Waals surface area contributed by atoms with Crippen LogP contribution in [0.15, 0.2) is 47.1 Å². The molecule has 1 aromatic heterocycles. The summed E-state index contributed by atoms with van der Waals surface area (Å²) in [6, 6.07) is 9.61. The van der Waals surface area contributed by atoms with Gasteiger partial charge in [0.2, 0.25) is 11.8 Å². The molecule has 3 rings (SSSR count). The first kappa shape index (κ1) is 19.1. The number of nitrogens with zero attached hydrogens (tertiary/aromatic N) is 2. The summed E-state index contributed by atoms with van der Waals surface area (Å²) in [6.07, 6.45) is 3.37. The van der Waals surface area contributed by atoms with Gasteiger partial charge >= 0.3 is 0 Å². The van der Waals surface area contributed by atoms with Gasteiger partial charge in [-0.25, -0.2) is 4.39 Å². The van der Waals surface area contributed by atoms with Gasteiger partial charge < -0.3 is 14.2 Å². The highest BCUT2D eigenvalue weighted by Crippen LogP contribution is 2.31. The smallest absolute Gasteiger partial charge is 0.242 e. The Kier molecular flexibility index (Phi) is 5.94. The molecule has 0 radical (unpaired) electrons. The molecule has 0 bridgehead atoms. The SMILES string of the molecule is CC(C)N(CC(=O)N(Cc1ccc(F)cc1)Cc1ccco1)C(=O)C1CC1. The standard InChI is InChI=1S/C21H25FN2O3/c1-15(2)24(21(26)17-7-8-17)14-20(25)23(13-19-4-3-11-27-19)12-16-5-9-18(22)10-6-16/h3-6,9-11,15,17H,7-8,12-14H2,1-2H3. The molecule has 0 unspecified atom stereocenters. The third kappa shape index (κ3) is 5.18. The molecule has 6 heteroatoms. The Bertz CT molecular complexity index is 767. The Morgan fingerprint density at radius 2 is 1.85 bits per heavy atom. The van der Waals surface area contributed by atoms with Crippen LogP contribution in [0.25, 0.3) is 0 Å². The van der Waals surface area contributed by atoms with E-state index in [0.717, 1.165) is 18.4 Å². The van der Waals surface area contributed by atoms with Crippen LogP contribution in [0.2, 0.25) is 0 Å². The molecule has 0 saturated heterocycles. The monoisotopic (exact) mass is 372 g/mol. The number of hydrogen-bond donors (Lipinski definition) is 0. The lowest BCUT2D eigenvalue weighted by Crippen LogP contribution is -2.46. The molecule has 1 aromatic carbocycles. The molecular weight excluding hydrogens is 347 g/mol. The van der Waals surface area contributed by atoms with Crippen LogP contribution in [0.4, 0.5) is 4.39 Å². The first-order chi connectivity index (χ1) is 12.9. The Balaban J connectivity index is 1.74. The second kappa shape index (κ2) is 8.37. The summed E-state index contributed by atoms with van der Waals surface area (Å²) in [7, 11) is 0. The van der Waals surface area contributed by atoms with Gasteiger partial charge in [0, 0.05) is 18.5 Å². The second-order valence-corrected chi connectivity index (χ2v) is 7.29. The quantitative estimate of drug-likeness (QED) is 0.711. The van der Waals surface area contributed by atoms with E-state index < -0.39 is 0 Å². The van der Waals surface area contributed by atoms with E-state index in [0.29, 0.717) is 18.8 Å². The van der Waals surface area contributed by atoms with Gasteiger partial charge in [-0.2, -0.15) is 0 Å². The zero-order valence-electron chi connectivity index (χ0n) is 15.7. The van der Waals surface area contributed by atoms with Crippen LogP contribution >= 0.6 is 0 Å². The number of hydrogen-bond acceptors (Lipinski definition) is 3. The van der Waals surface area contributed by atoms with E-state index in [4.69, 9.17) is 4.42 Å². The maximum absolute atomic E-state index is 13.2. The molecular formula is C21H25FN2O3. The van der Waals surface area contributed by atoms with Crippen molar-refractivity contribution in [3.63, 3.8) is 0 Å². The van der Waals surface area contributed by atoms with Crippen molar-refractivity contribution in [3.05, 3.63) is 59.8 Å². The zero-order valence-corrected chi connectivity index (χ0v) is 15.7. The van der Waals surface area contributed by atoms with Crippen LogP contribution < -0.4 is 0 Å². The highest BCUT2D eigenvalue weighted by Gasteiger charge is 2.35. The fraction of sp³-hybridized carbons (Fsp3) is 0.429. The highest BCUT2D eigenvalue weighted by molar-refractivity contribution is 5.87. The Morgan fingerprint density at radius 1 is 1.15 bits per heavy atom. The number of carbonyl (C=O) groups is 2. The van der Waals surface area contributed by atoms with Crippen molar-refractivity contribution in [1.29, 1.82) is 0 Å². The van der Waals surface area contributed by atoms with E-state index in [-0.39, 0.29) is 36.1 Å². The second-order valence-electron chi connectivity index (χ2n) is 7.29. The summed E-state index contributed by atoms with van der Waals surface area (Å²) < 4.78 is 18.6. The Morgan fingerprint density at radius 3 is 2.41 bits per heavy atom. The van der Waals surface area contributed by atoms with Gasteiger partial charge in [0.15, 0.2) is 0 Å². The molecule has 0 aliphatic heterocycles. The van der Waals surface area contributed by atoms with Crippen molar-refractivity contribution in [2.75, 3.05) is 6.54 Å². The molecule has 1 saturated carbocycles. The first-order valence-corrected chi connectivity index (χ1v) is 9.29. The van der Waals surface area contributed by atoms with Gasteiger partial charge in [0.25, 0.3) is 0 Å². The van der Waals surface area contributed by atoms with Crippen LogP contribution in [-0.4, -0.2) is 34.2 Å². The Labute approximate surface area is 158 Å². The number of halogens is 1. The summed E-state index contributed by atoms with van der Waals surface area (Å²) in [4.78, 5) is 28.8. The van der Waals surface area contributed by atoms with E-state index >= 15 is 0 Å². The van der Waals surface area contributed by atoms with E-state index in [1.807, 2.05) is 13.8 Å². The molecule has 2 amide bonds. The number of furan rings is 1. The summed E-state index contributed by atoms with van der Waals surface area (Å²) in [5.74, 6) is 0.311. The van der Waals surface area contributed by atoms with Gasteiger partial charge in [-0.15, -0.1) is 0 Å². The largest absolute Gasteiger partial charge is 0.467 e. The fourth-order valence-electron chi connectivity index (χ4n) is 2.96. The fourth-order valence-corrected chi connectivity index (χ4v) is 2.96. The third-order valence-corrected chi connectivity index (χ3v) is 4.70. The average Bonchev–Trinajstić information content (AvgIpc) is 3.37. The van der Waals surface area contributed by atoms with Crippen LogP contribution in [-0.2, 0) is 22.7 Å². The molecule has 1 fully saturated rings. The normalized spacial score (nSPS) is 13.6. The predicted octanol–water partition coefficient (Wildman–Crippen LogP) is 3.59. The number of benzene rings is 1. The molecule has 0 atom stereocenters. The molecule has 1 heterocycles. The van der Waals surface area contributed by atoms with Gasteiger partial charge in [-0.1, -0.05) is 12.1 Å². The Hall–Kier alpha value is -2.63. The summed E-state index contributed by atoms with van der Waals surface area (Å²) in [5.41, 5.74) is 0.820. The van der Waals surface area contributed by atoms with Crippen LogP contribution in [0.5, 0.6) is 0 Å². The lowest BCUT2D eigenvalue weighted by atomic mass is 10.2. The predicted molar refractivity (Wildman–Crippen MR) is 98.9 cm³/mol. The van der Waals surface area contributed by atoms with Crippen LogP contribution in [0.1, 0.15) is 38.0 Å². The molecule has 0 N–H and O–H groups in total. The van der Waals surface area contributed by atoms with E-state index in [1.54, 1.807) is 40.3 Å². The van der Waals surface area contributed by atoms with Gasteiger partial charge in [0.1, 0.15) is 18.1 Å². The first-order valence-electron chi connectivity index (χ1n) is 9.29. The van der Waals surface area contributed by atoms with Gasteiger partial charge in [-0.3, -0.25) is 9.59 Å². The lowest BCUT2D eigenvalue weighted by molar-refractivity contribution is -0.143. The zero-order chi connectivity index (χ0) is 19.4. The van der Waals surface area contributed by atoms with Crippen LogP contribution in [0, 0.1) is 11.7 Å². The summed E-state index contributed by atoms with van der Waals surface area (Å²) in [5, 5.41) is 0. The van der Waals surface area contributed by atoms with Crippen LogP contribution in [0.3, 0.4) is 0 Å². The molecule has 1 aliphatic rings. The maximum atomic E-state index is 13.2. The number of rotatable bonds is 8. The molecule has 2 aromatic rings. The van der Waals surface area contributed by atoms with Crippen molar-refractivity contribution in [2.45, 2.75) is 45.8 Å². The number of amides is 2. The van der Waals surface area contributed by atoms with Crippen molar-refractivity contribution in [1.82, 2.24) is 9.80 Å². The topological polar surface area (TPSA) is 53.8 Å². The van der Waals surface area contributed by atoms with E-state index in [1.165, 1.54) is 12.1 Å². The highest BCUT2D eigenvalue weighted by atomic mass is 19.1. The summed E-state index contributed by atoms with van der Waals surface area (Å²) >= 11 is 0. The maximum Gasteiger partial charge on any atom is 0.242 e. The van der Waals surface area contributed by atoms with Gasteiger partial charge in [0.05, 0.1) is 12.8 Å². The minimum absolute atomic E-state index is 0.0366. The molecule has 1 aliphatic carbocycles. The summed E-state index contributed by atoms with van der Waals surface area (Å²) in [6.45, 7) is 4.50. The minimum Gasteiger partial charge on any atom is -0.467 e. The van der Waals surface area contributed by atoms with Crippen molar-refractivity contribution in [3.8, 4) is 0 Å². The molecule has 0 spiro atoms. The molecule has 27 heavy (non-hydrogen) atoms. The van der Waals surface area contributed by atoms with Crippen molar-refractivity contribution >= 4 is 11.8 Å². The minimum atomic E-state index is -0.316. The average molecular weight is 372 g/mol. The van der Waals surface area contributed by atoms with Gasteiger partial charge in [-0.05, 0) is 56.5 Å². The van der Waals surface area contributed by atoms with E-state index in [2.05, 4.69) is 0 Å². The van der Waals surface area contributed by atoms with Crippen molar-refractivity contribution in [2.24, 2.45) is 5.92 Å². The molecule has 144 valence electrons. The van der Waals surface area contributed by atoms with Crippen molar-refractivity contribution < 1.29 is 18.4 Å². The third-order valence-electron chi connectivity index (χ3n) is 4.70.